The van der Waals surface area contributed by atoms with Gasteiger partial charge in [-0.15, -0.1) is 0 Å². The molecule has 1 saturated heterocycles. The highest BCUT2D eigenvalue weighted by molar-refractivity contribution is 5.01. The summed E-state index contributed by atoms with van der Waals surface area (Å²) in [6.07, 6.45) is 11.8. The Hall–Kier alpha value is -0.0400. The van der Waals surface area contributed by atoms with Crippen molar-refractivity contribution >= 4 is 0 Å². The van der Waals surface area contributed by atoms with E-state index in [1.165, 1.54) is 44.9 Å². The van der Waals surface area contributed by atoms with Crippen LogP contribution >= 0.6 is 0 Å². The van der Waals surface area contributed by atoms with E-state index < -0.39 is 0 Å². The number of rotatable bonds is 4. The molecule has 3 aliphatic rings. The molecule has 20 heavy (non-hydrogen) atoms. The number of hydrogen-bond donors (Lipinski definition) is 0. The third kappa shape index (κ3) is 2.80. The first kappa shape index (κ1) is 14.9. The molecule has 1 nitrogen and oxygen atoms in total. The smallest absolute Gasteiger partial charge is 0.0496 e. The molecule has 2 aliphatic carbocycles. The van der Waals surface area contributed by atoms with Crippen molar-refractivity contribution in [2.24, 2.45) is 35.0 Å². The maximum absolute atomic E-state index is 5.69. The molecule has 116 valence electrons. The fourth-order valence-electron chi connectivity index (χ4n) is 5.73. The van der Waals surface area contributed by atoms with Crippen molar-refractivity contribution in [2.45, 2.75) is 72.1 Å². The summed E-state index contributed by atoms with van der Waals surface area (Å²) >= 11 is 0. The van der Waals surface area contributed by atoms with Crippen LogP contribution in [0.2, 0.25) is 0 Å². The van der Waals surface area contributed by atoms with Crippen molar-refractivity contribution < 1.29 is 4.74 Å². The second-order valence-corrected chi connectivity index (χ2v) is 8.55. The van der Waals surface area contributed by atoms with Gasteiger partial charge in [0.25, 0.3) is 0 Å². The normalized spacial score (nSPS) is 42.9. The van der Waals surface area contributed by atoms with E-state index in [1.807, 2.05) is 0 Å². The molecule has 3 fully saturated rings. The second-order valence-electron chi connectivity index (χ2n) is 8.55. The van der Waals surface area contributed by atoms with Crippen molar-refractivity contribution in [3.63, 3.8) is 0 Å². The summed E-state index contributed by atoms with van der Waals surface area (Å²) in [7, 11) is 0. The minimum absolute atomic E-state index is 0.779. The molecule has 5 atom stereocenters. The van der Waals surface area contributed by atoms with Crippen LogP contribution in [-0.2, 0) is 4.74 Å². The number of ether oxygens (including phenoxy) is 1. The van der Waals surface area contributed by atoms with Crippen LogP contribution in [0, 0.1) is 35.0 Å². The highest BCUT2D eigenvalue weighted by Gasteiger charge is 2.51. The van der Waals surface area contributed by atoms with Gasteiger partial charge in [-0.2, -0.15) is 0 Å². The van der Waals surface area contributed by atoms with Gasteiger partial charge in [-0.25, -0.2) is 0 Å². The minimum atomic E-state index is 0.779. The molecule has 5 unspecified atom stereocenters. The molecule has 2 saturated carbocycles. The van der Waals surface area contributed by atoms with Crippen LogP contribution in [0.3, 0.4) is 0 Å². The van der Waals surface area contributed by atoms with Crippen molar-refractivity contribution in [2.75, 3.05) is 13.2 Å². The van der Waals surface area contributed by atoms with Crippen molar-refractivity contribution in [3.8, 4) is 0 Å². The monoisotopic (exact) mass is 278 g/mol. The molecule has 0 aromatic heterocycles. The number of hydrogen-bond acceptors (Lipinski definition) is 1. The van der Waals surface area contributed by atoms with Crippen molar-refractivity contribution in [1.29, 1.82) is 0 Å². The zero-order chi connectivity index (χ0) is 14.2. The Balaban J connectivity index is 1.50. The molecular weight excluding hydrogens is 244 g/mol. The summed E-state index contributed by atoms with van der Waals surface area (Å²) in [4.78, 5) is 0. The SMILES string of the molecule is CC(C)C1CCC12CCC(CC(C)C1CCCOC1)C2. The highest BCUT2D eigenvalue weighted by atomic mass is 16.5. The van der Waals surface area contributed by atoms with E-state index in [4.69, 9.17) is 4.74 Å². The predicted molar refractivity (Wildman–Crippen MR) is 84.7 cm³/mol. The van der Waals surface area contributed by atoms with Crippen LogP contribution < -0.4 is 0 Å². The van der Waals surface area contributed by atoms with Gasteiger partial charge in [-0.3, -0.25) is 0 Å². The molecule has 1 heteroatoms. The standard InChI is InChI=1S/C19H34O/c1-14(2)18-7-9-19(18)8-6-16(12-19)11-15(3)17-5-4-10-20-13-17/h14-18H,4-13H2,1-3H3. The first-order valence-corrected chi connectivity index (χ1v) is 9.18. The van der Waals surface area contributed by atoms with E-state index in [-0.39, 0.29) is 0 Å². The van der Waals surface area contributed by atoms with Gasteiger partial charge < -0.3 is 4.74 Å². The quantitative estimate of drug-likeness (QED) is 0.678. The fourth-order valence-corrected chi connectivity index (χ4v) is 5.73. The van der Waals surface area contributed by atoms with Gasteiger partial charge in [0.1, 0.15) is 0 Å². The van der Waals surface area contributed by atoms with Crippen LogP contribution in [0.4, 0.5) is 0 Å². The topological polar surface area (TPSA) is 9.23 Å². The average Bonchev–Trinajstić information content (AvgIpc) is 2.84. The van der Waals surface area contributed by atoms with E-state index >= 15 is 0 Å². The van der Waals surface area contributed by atoms with Gasteiger partial charge in [0, 0.05) is 13.2 Å². The van der Waals surface area contributed by atoms with Gasteiger partial charge in [0.2, 0.25) is 0 Å². The molecule has 1 heterocycles. The van der Waals surface area contributed by atoms with Gasteiger partial charge in [-0.05, 0) is 86.4 Å². The Kier molecular flexibility index (Phi) is 4.45. The highest BCUT2D eigenvalue weighted by Crippen LogP contribution is 2.62. The summed E-state index contributed by atoms with van der Waals surface area (Å²) in [5, 5.41) is 0. The average molecular weight is 278 g/mol. The van der Waals surface area contributed by atoms with E-state index in [1.54, 1.807) is 6.42 Å². The van der Waals surface area contributed by atoms with E-state index in [0.717, 1.165) is 48.2 Å². The third-order valence-electron chi connectivity index (χ3n) is 7.00. The third-order valence-corrected chi connectivity index (χ3v) is 7.00. The lowest BCUT2D eigenvalue weighted by Crippen LogP contribution is -2.41. The first-order chi connectivity index (χ1) is 9.61. The van der Waals surface area contributed by atoms with Crippen molar-refractivity contribution in [3.05, 3.63) is 0 Å². The van der Waals surface area contributed by atoms with Gasteiger partial charge in [0.15, 0.2) is 0 Å². The fraction of sp³-hybridized carbons (Fsp3) is 1.00. The Labute approximate surface area is 125 Å². The Bertz CT molecular complexity index is 318. The molecule has 0 aromatic carbocycles. The first-order valence-electron chi connectivity index (χ1n) is 9.18. The lowest BCUT2D eigenvalue weighted by atomic mass is 9.55. The van der Waals surface area contributed by atoms with Gasteiger partial charge >= 0.3 is 0 Å². The van der Waals surface area contributed by atoms with Crippen LogP contribution in [0.15, 0.2) is 0 Å². The largest absolute Gasteiger partial charge is 0.381 e. The van der Waals surface area contributed by atoms with Crippen molar-refractivity contribution in [1.82, 2.24) is 0 Å². The molecule has 1 aliphatic heterocycles. The summed E-state index contributed by atoms with van der Waals surface area (Å²) in [6.45, 7) is 9.42. The van der Waals surface area contributed by atoms with Crippen LogP contribution in [0.5, 0.6) is 0 Å². The lowest BCUT2D eigenvalue weighted by molar-refractivity contribution is -0.00442. The summed E-state index contributed by atoms with van der Waals surface area (Å²) < 4.78 is 5.69. The molecule has 0 aromatic rings. The lowest BCUT2D eigenvalue weighted by Gasteiger charge is -2.50. The summed E-state index contributed by atoms with van der Waals surface area (Å²) in [6, 6.07) is 0. The molecular formula is C19H34O. The van der Waals surface area contributed by atoms with E-state index in [9.17, 15) is 0 Å². The minimum Gasteiger partial charge on any atom is -0.381 e. The molecule has 0 amide bonds. The maximum Gasteiger partial charge on any atom is 0.0496 e. The Morgan fingerprint density at radius 1 is 1.10 bits per heavy atom. The molecule has 3 rings (SSSR count). The van der Waals surface area contributed by atoms with E-state index in [0.29, 0.717) is 0 Å². The van der Waals surface area contributed by atoms with Gasteiger partial charge in [0.05, 0.1) is 0 Å². The molecule has 0 bridgehead atoms. The van der Waals surface area contributed by atoms with Crippen LogP contribution in [0.1, 0.15) is 72.1 Å². The zero-order valence-corrected chi connectivity index (χ0v) is 13.9. The Morgan fingerprint density at radius 3 is 2.50 bits per heavy atom. The summed E-state index contributed by atoms with van der Waals surface area (Å²) in [5.74, 6) is 4.71. The van der Waals surface area contributed by atoms with Crippen LogP contribution in [0.25, 0.3) is 0 Å². The molecule has 0 N–H and O–H groups in total. The maximum atomic E-state index is 5.69. The Morgan fingerprint density at radius 2 is 1.90 bits per heavy atom. The molecule has 0 radical (unpaired) electrons. The van der Waals surface area contributed by atoms with E-state index in [2.05, 4.69) is 20.8 Å². The zero-order valence-electron chi connectivity index (χ0n) is 13.9. The second kappa shape index (κ2) is 5.99. The predicted octanol–water partition coefficient (Wildman–Crippen LogP) is 5.29. The molecule has 1 spiro atoms. The van der Waals surface area contributed by atoms with Crippen LogP contribution in [-0.4, -0.2) is 13.2 Å². The van der Waals surface area contributed by atoms with Gasteiger partial charge in [-0.1, -0.05) is 20.8 Å². The summed E-state index contributed by atoms with van der Waals surface area (Å²) in [5.41, 5.74) is 0.779.